The molecule has 66 heavy (non-hydrogen) atoms. The molecule has 21 heteroatoms. The fourth-order valence-electron chi connectivity index (χ4n) is 13.0. The van der Waals surface area contributed by atoms with Crippen molar-refractivity contribution in [1.29, 1.82) is 0 Å². The van der Waals surface area contributed by atoms with Crippen molar-refractivity contribution in [1.82, 2.24) is 21.4 Å². The SMILES string of the molecule is C[C@@H]1O[C@@H](O[C@H]2CC[C@]3(/C=N/NC(=O)COCCOCCNC(=O)CCCC[C@@H]4SC[C@@H]5NC(=O)N[C@@H]54)[C@H]4C[C@@H](O)[C@]5(C)[C@@H](C6=CC(=O)OC6)CC[C@]5(O)[C@@H]4CC[C@]3(O)C2)[C@H](O)[C@H](O)[C@H]1O. The number of carbonyl (C=O) groups excluding carboxylic acids is 4. The minimum atomic E-state index is -1.53. The lowest BCUT2D eigenvalue weighted by Crippen LogP contribution is -2.71. The van der Waals surface area contributed by atoms with Crippen LogP contribution in [0.4, 0.5) is 4.79 Å². The molecule has 0 radical (unpaired) electrons. The van der Waals surface area contributed by atoms with Gasteiger partial charge in [0, 0.05) is 53.5 Å². The molecule has 3 saturated heterocycles. The van der Waals surface area contributed by atoms with Crippen molar-refractivity contribution in [3.05, 3.63) is 11.6 Å². The first-order chi connectivity index (χ1) is 31.5. The highest BCUT2D eigenvalue weighted by molar-refractivity contribution is 8.00. The van der Waals surface area contributed by atoms with Gasteiger partial charge in [-0.2, -0.15) is 16.9 Å². The number of fused-ring (bicyclic) bond motifs is 6. The molecule has 0 aromatic carbocycles. The van der Waals surface area contributed by atoms with Gasteiger partial charge < -0.3 is 70.3 Å². The van der Waals surface area contributed by atoms with E-state index in [4.69, 9.17) is 23.7 Å². The first-order valence-electron chi connectivity index (χ1n) is 23.8. The highest BCUT2D eigenvalue weighted by atomic mass is 32.2. The number of rotatable bonds is 18. The summed E-state index contributed by atoms with van der Waals surface area (Å²) < 4.78 is 28.3. The van der Waals surface area contributed by atoms with Gasteiger partial charge in [0.25, 0.3) is 5.91 Å². The van der Waals surface area contributed by atoms with Gasteiger partial charge in [0.15, 0.2) is 6.29 Å². The largest absolute Gasteiger partial charge is 0.458 e. The average Bonchev–Trinajstić information content (AvgIpc) is 4.05. The van der Waals surface area contributed by atoms with E-state index in [1.807, 2.05) is 18.7 Å². The lowest BCUT2D eigenvalue weighted by molar-refractivity contribution is -0.317. The lowest BCUT2D eigenvalue weighted by atomic mass is 9.41. The summed E-state index contributed by atoms with van der Waals surface area (Å²) in [6.45, 7) is 4.14. The number of hydrogen-bond donors (Lipinski definition) is 10. The Balaban J connectivity index is 0.830. The van der Waals surface area contributed by atoms with Crippen molar-refractivity contribution in [2.45, 2.75) is 162 Å². The quantitative estimate of drug-likeness (QED) is 0.0207. The van der Waals surface area contributed by atoms with Gasteiger partial charge in [0.1, 0.15) is 31.5 Å². The lowest BCUT2D eigenvalue weighted by Gasteiger charge is -2.66. The van der Waals surface area contributed by atoms with Crippen LogP contribution in [0.2, 0.25) is 0 Å². The summed E-state index contributed by atoms with van der Waals surface area (Å²) >= 11 is 1.86. The van der Waals surface area contributed by atoms with Crippen LogP contribution in [-0.2, 0) is 38.1 Å². The number of aliphatic hydroxyl groups is 6. The summed E-state index contributed by atoms with van der Waals surface area (Å²) in [7, 11) is 0. The number of cyclic esters (lactones) is 1. The van der Waals surface area contributed by atoms with E-state index in [9.17, 15) is 49.8 Å². The predicted molar refractivity (Wildman–Crippen MR) is 235 cm³/mol. The number of nitrogens with one attached hydrogen (secondary N) is 4. The van der Waals surface area contributed by atoms with E-state index in [0.717, 1.165) is 30.6 Å². The summed E-state index contributed by atoms with van der Waals surface area (Å²) in [4.78, 5) is 49.0. The van der Waals surface area contributed by atoms with Crippen molar-refractivity contribution in [2.75, 3.05) is 45.3 Å². The van der Waals surface area contributed by atoms with E-state index in [2.05, 4.69) is 26.5 Å². The Kier molecular flexibility index (Phi) is 15.1. The third kappa shape index (κ3) is 9.39. The monoisotopic (exact) mass is 951 g/mol. The number of thioether (sulfide) groups is 1. The third-order valence-corrected chi connectivity index (χ3v) is 18.1. The molecule has 8 rings (SSSR count). The molecule has 4 aliphatic heterocycles. The molecule has 7 fully saturated rings. The minimum absolute atomic E-state index is 0.0542. The van der Waals surface area contributed by atoms with Crippen LogP contribution in [-0.4, -0.2) is 177 Å². The maximum absolute atomic E-state index is 13.0. The van der Waals surface area contributed by atoms with Crippen LogP contribution in [0.3, 0.4) is 0 Å². The van der Waals surface area contributed by atoms with Gasteiger partial charge in [-0.05, 0) is 88.0 Å². The Morgan fingerprint density at radius 1 is 0.970 bits per heavy atom. The molecule has 10 N–H and O–H groups in total. The molecule has 20 nitrogen and oxygen atoms in total. The summed E-state index contributed by atoms with van der Waals surface area (Å²) in [5.41, 5.74) is -1.74. The van der Waals surface area contributed by atoms with E-state index in [-0.39, 0.29) is 94.6 Å². The van der Waals surface area contributed by atoms with Crippen LogP contribution in [0.5, 0.6) is 0 Å². The molecular weight excluding hydrogens is 883 g/mol. The highest BCUT2D eigenvalue weighted by Crippen LogP contribution is 2.70. The zero-order valence-electron chi connectivity index (χ0n) is 37.8. The fourth-order valence-corrected chi connectivity index (χ4v) is 14.6. The third-order valence-electron chi connectivity index (χ3n) is 16.6. The number of ether oxygens (including phenoxy) is 5. The van der Waals surface area contributed by atoms with Gasteiger partial charge in [-0.1, -0.05) is 13.3 Å². The first kappa shape index (κ1) is 49.5. The summed E-state index contributed by atoms with van der Waals surface area (Å²) in [5, 5.41) is 82.7. The minimum Gasteiger partial charge on any atom is -0.458 e. The molecular formula is C45H69N5O15S. The molecule has 370 valence electrons. The topological polar surface area (TPSA) is 296 Å². The van der Waals surface area contributed by atoms with Crippen molar-refractivity contribution < 1.29 is 73.5 Å². The van der Waals surface area contributed by atoms with Crippen LogP contribution >= 0.6 is 11.8 Å². The maximum atomic E-state index is 13.0. The number of esters is 1. The second-order valence-electron chi connectivity index (χ2n) is 20.1. The molecule has 8 aliphatic rings. The van der Waals surface area contributed by atoms with E-state index >= 15 is 0 Å². The normalized spacial score (nSPS) is 43.8. The van der Waals surface area contributed by atoms with Gasteiger partial charge >= 0.3 is 12.0 Å². The smallest absolute Gasteiger partial charge is 0.331 e. The molecule has 4 saturated carbocycles. The summed E-state index contributed by atoms with van der Waals surface area (Å²) in [5.74, 6) is -1.30. The second kappa shape index (κ2) is 20.2. The van der Waals surface area contributed by atoms with Gasteiger partial charge in [0.05, 0.1) is 61.4 Å². The van der Waals surface area contributed by atoms with Crippen LogP contribution in [0.1, 0.15) is 90.9 Å². The van der Waals surface area contributed by atoms with E-state index in [0.29, 0.717) is 43.9 Å². The Bertz CT molecular complexity index is 1860. The Morgan fingerprint density at radius 2 is 1.77 bits per heavy atom. The number of carbonyl (C=O) groups is 4. The molecule has 0 bridgehead atoms. The van der Waals surface area contributed by atoms with E-state index in [1.54, 1.807) is 13.1 Å². The number of hydrogen-bond acceptors (Lipinski definition) is 17. The molecule has 0 aromatic heterocycles. The molecule has 17 atom stereocenters. The summed E-state index contributed by atoms with van der Waals surface area (Å²) in [6.07, 6.45) is 0.352. The van der Waals surface area contributed by atoms with Crippen LogP contribution in [0, 0.1) is 28.6 Å². The number of urea groups is 1. The molecule has 0 spiro atoms. The van der Waals surface area contributed by atoms with Crippen molar-refractivity contribution in [3.8, 4) is 0 Å². The Labute approximate surface area is 388 Å². The van der Waals surface area contributed by atoms with Crippen molar-refractivity contribution in [3.63, 3.8) is 0 Å². The second-order valence-corrected chi connectivity index (χ2v) is 21.3. The van der Waals surface area contributed by atoms with Crippen LogP contribution < -0.4 is 21.4 Å². The van der Waals surface area contributed by atoms with Gasteiger partial charge in [-0.3, -0.25) is 9.59 Å². The Morgan fingerprint density at radius 3 is 2.56 bits per heavy atom. The molecule has 4 amide bonds. The molecule has 4 aliphatic carbocycles. The maximum Gasteiger partial charge on any atom is 0.331 e. The number of amides is 4. The Hall–Kier alpha value is -2.96. The number of unbranched alkanes of at least 4 members (excludes halogenated alkanes) is 1. The number of nitrogens with zero attached hydrogens (tertiary/aromatic N) is 1. The van der Waals surface area contributed by atoms with E-state index < -0.39 is 82.7 Å². The van der Waals surface area contributed by atoms with Crippen molar-refractivity contribution >= 4 is 41.8 Å². The zero-order chi connectivity index (χ0) is 47.0. The highest BCUT2D eigenvalue weighted by Gasteiger charge is 2.73. The molecule has 0 unspecified atom stereocenters. The standard InChI is InChI=1S/C45H69N5O15S/c1-24-37(55)38(56)39(57)40(64-24)65-26-7-10-43(29-18-32(51)42(2)27(25-17-35(54)63-20-25)9-12-45(42,60)28(29)8-11-44(43,59)19-26)23-47-50-34(53)21-62-16-15-61-14-13-46-33(52)6-4-3-5-31-36-30(22-66-31)48-41(58)49-36/h17,23-24,26-32,36-40,51,55-57,59-60H,3-16,18-22H2,1-2H3,(H,46,52)(H,50,53)(H2,48,49,58)/b47-23+/t24-,26-,27+,28+,29-,30-,31-,32+,36-,37-,38+,39+,40-,42-,43-,44-,45-/m0/s1. The molecule has 0 aromatic rings. The number of hydrazone groups is 1. The molecule has 4 heterocycles. The summed E-state index contributed by atoms with van der Waals surface area (Å²) in [6, 6.07) is 0.246. The zero-order valence-corrected chi connectivity index (χ0v) is 38.6. The van der Waals surface area contributed by atoms with E-state index in [1.165, 1.54) is 6.08 Å². The van der Waals surface area contributed by atoms with Crippen molar-refractivity contribution in [2.24, 2.45) is 33.7 Å². The fraction of sp³-hybridized carbons (Fsp3) is 0.844. The van der Waals surface area contributed by atoms with Crippen LogP contribution in [0.25, 0.3) is 0 Å². The predicted octanol–water partition coefficient (Wildman–Crippen LogP) is -0.501. The van der Waals surface area contributed by atoms with Gasteiger partial charge in [-0.25, -0.2) is 15.0 Å². The van der Waals surface area contributed by atoms with Crippen LogP contribution in [0.15, 0.2) is 16.8 Å². The first-order valence-corrected chi connectivity index (χ1v) is 24.8. The average molecular weight is 952 g/mol. The van der Waals surface area contributed by atoms with Gasteiger partial charge in [-0.15, -0.1) is 0 Å². The van der Waals surface area contributed by atoms with Gasteiger partial charge in [0.2, 0.25) is 5.91 Å². The number of aliphatic hydroxyl groups excluding tert-OH is 4.